The van der Waals surface area contributed by atoms with Gasteiger partial charge in [0.05, 0.1) is 6.61 Å². The van der Waals surface area contributed by atoms with E-state index in [4.69, 9.17) is 11.6 Å². The first-order valence-corrected chi connectivity index (χ1v) is 3.95. The zero-order valence-corrected chi connectivity index (χ0v) is 7.77. The van der Waals surface area contributed by atoms with E-state index >= 15 is 0 Å². The summed E-state index contributed by atoms with van der Waals surface area (Å²) in [6, 6.07) is 0. The van der Waals surface area contributed by atoms with Crippen molar-refractivity contribution in [3.63, 3.8) is 0 Å². The lowest BCUT2D eigenvalue weighted by atomic mass is 10.1. The molecule has 11 heavy (non-hydrogen) atoms. The molecule has 0 aromatic carbocycles. The zero-order chi connectivity index (χ0) is 8.91. The van der Waals surface area contributed by atoms with Crippen molar-refractivity contribution in [3.8, 4) is 0 Å². The average molecular weight is 181 g/mol. The minimum Gasteiger partial charge on any atom is -0.296 e. The van der Waals surface area contributed by atoms with E-state index < -0.39 is 10.8 Å². The Hall–Kier alpha value is -0.280. The van der Waals surface area contributed by atoms with Gasteiger partial charge in [0.2, 0.25) is 0 Å². The molecule has 0 amide bonds. The highest BCUT2D eigenvalue weighted by molar-refractivity contribution is 6.33. The molecule has 0 saturated carbocycles. The van der Waals surface area contributed by atoms with Gasteiger partial charge in [0.25, 0.3) is 0 Å². The first kappa shape index (κ1) is 10.7. The standard InChI is InChI=1S/C7H13ClO3/c1-4-7(3,8)6(9)11-10-5-2/h4-5H2,1-3H3. The van der Waals surface area contributed by atoms with Crippen LogP contribution in [0.1, 0.15) is 27.2 Å². The second-order valence-corrected chi connectivity index (χ2v) is 3.16. The molecule has 1 unspecified atom stereocenters. The number of rotatable bonds is 4. The first-order valence-electron chi connectivity index (χ1n) is 3.57. The number of carbonyl (C=O) groups excluding carboxylic acids is 1. The third kappa shape index (κ3) is 3.58. The number of alkyl halides is 1. The Morgan fingerprint density at radius 3 is 2.45 bits per heavy atom. The lowest BCUT2D eigenvalue weighted by molar-refractivity contribution is -0.271. The quantitative estimate of drug-likeness (QED) is 0.377. The van der Waals surface area contributed by atoms with Crippen molar-refractivity contribution in [2.45, 2.75) is 32.1 Å². The molecule has 0 aliphatic carbocycles. The van der Waals surface area contributed by atoms with E-state index in [0.29, 0.717) is 13.0 Å². The van der Waals surface area contributed by atoms with Gasteiger partial charge in [-0.25, -0.2) is 4.79 Å². The van der Waals surface area contributed by atoms with Gasteiger partial charge in [-0.05, 0) is 20.3 Å². The first-order chi connectivity index (χ1) is 5.04. The van der Waals surface area contributed by atoms with E-state index in [1.165, 1.54) is 0 Å². The smallest absolute Gasteiger partial charge is 0.296 e. The van der Waals surface area contributed by atoms with E-state index in [9.17, 15) is 4.79 Å². The molecule has 1 atom stereocenters. The van der Waals surface area contributed by atoms with Crippen molar-refractivity contribution >= 4 is 17.6 Å². The van der Waals surface area contributed by atoms with Crippen LogP contribution in [0, 0.1) is 0 Å². The molecule has 0 aliphatic heterocycles. The van der Waals surface area contributed by atoms with Crippen molar-refractivity contribution in [1.29, 1.82) is 0 Å². The predicted octanol–water partition coefficient (Wildman–Crippen LogP) is 1.89. The molecule has 0 aromatic heterocycles. The Bertz CT molecular complexity index is 134. The van der Waals surface area contributed by atoms with Gasteiger partial charge in [-0.1, -0.05) is 6.92 Å². The van der Waals surface area contributed by atoms with E-state index in [1.807, 2.05) is 0 Å². The van der Waals surface area contributed by atoms with Crippen LogP contribution < -0.4 is 0 Å². The fourth-order valence-corrected chi connectivity index (χ4v) is 0.375. The van der Waals surface area contributed by atoms with Gasteiger partial charge >= 0.3 is 5.97 Å². The fraction of sp³-hybridized carbons (Fsp3) is 0.857. The van der Waals surface area contributed by atoms with Crippen molar-refractivity contribution < 1.29 is 14.6 Å². The number of halogens is 1. The summed E-state index contributed by atoms with van der Waals surface area (Å²) in [5, 5.41) is 0. The van der Waals surface area contributed by atoms with Gasteiger partial charge in [-0.15, -0.1) is 11.6 Å². The lowest BCUT2D eigenvalue weighted by Crippen LogP contribution is -2.30. The summed E-state index contributed by atoms with van der Waals surface area (Å²) < 4.78 is 0. The van der Waals surface area contributed by atoms with Gasteiger partial charge in [-0.2, -0.15) is 4.89 Å². The van der Waals surface area contributed by atoms with E-state index in [-0.39, 0.29) is 0 Å². The predicted molar refractivity (Wildman–Crippen MR) is 42.3 cm³/mol. The van der Waals surface area contributed by atoms with Gasteiger partial charge in [0.15, 0.2) is 0 Å². The van der Waals surface area contributed by atoms with Crippen LogP contribution >= 0.6 is 11.6 Å². The van der Waals surface area contributed by atoms with Crippen molar-refractivity contribution in [3.05, 3.63) is 0 Å². The van der Waals surface area contributed by atoms with Crippen LogP contribution in [0.2, 0.25) is 0 Å². The number of carbonyl (C=O) groups is 1. The molecule has 4 heteroatoms. The van der Waals surface area contributed by atoms with Crippen LogP contribution in [0.25, 0.3) is 0 Å². The molecule has 0 spiro atoms. The molecule has 0 fully saturated rings. The Morgan fingerprint density at radius 2 is 2.09 bits per heavy atom. The molecule has 3 nitrogen and oxygen atoms in total. The average Bonchev–Trinajstić information content (AvgIpc) is 2.00. The highest BCUT2D eigenvalue weighted by Gasteiger charge is 2.31. The third-order valence-corrected chi connectivity index (χ3v) is 1.76. The van der Waals surface area contributed by atoms with Crippen LogP contribution in [0.5, 0.6) is 0 Å². The summed E-state index contributed by atoms with van der Waals surface area (Å²) >= 11 is 5.75. The topological polar surface area (TPSA) is 35.5 Å². The maximum Gasteiger partial charge on any atom is 0.362 e. The fourth-order valence-electron chi connectivity index (χ4n) is 0.344. The highest BCUT2D eigenvalue weighted by atomic mass is 35.5. The van der Waals surface area contributed by atoms with Crippen LogP contribution in [0.4, 0.5) is 0 Å². The highest BCUT2D eigenvalue weighted by Crippen LogP contribution is 2.20. The van der Waals surface area contributed by atoms with Gasteiger partial charge in [-0.3, -0.25) is 4.89 Å². The SMILES string of the molecule is CCOOC(=O)C(C)(Cl)CC. The summed E-state index contributed by atoms with van der Waals surface area (Å²) in [6.07, 6.45) is 0.514. The maximum absolute atomic E-state index is 11.0. The van der Waals surface area contributed by atoms with Crippen LogP contribution in [0.15, 0.2) is 0 Å². The largest absolute Gasteiger partial charge is 0.362 e. The maximum atomic E-state index is 11.0. The van der Waals surface area contributed by atoms with Crippen LogP contribution in [-0.2, 0) is 14.6 Å². The van der Waals surface area contributed by atoms with E-state index in [0.717, 1.165) is 0 Å². The van der Waals surface area contributed by atoms with E-state index in [1.54, 1.807) is 20.8 Å². The molecule has 0 rings (SSSR count). The Morgan fingerprint density at radius 1 is 1.55 bits per heavy atom. The molecule has 0 aromatic rings. The minimum absolute atomic E-state index is 0.336. The summed E-state index contributed by atoms with van der Waals surface area (Å²) in [5.41, 5.74) is 0. The second kappa shape index (κ2) is 4.57. The molecule has 0 saturated heterocycles. The molecule has 0 radical (unpaired) electrons. The van der Waals surface area contributed by atoms with Crippen LogP contribution in [0.3, 0.4) is 0 Å². The molecule has 0 N–H and O–H groups in total. The van der Waals surface area contributed by atoms with Crippen molar-refractivity contribution in [1.82, 2.24) is 0 Å². The van der Waals surface area contributed by atoms with Crippen molar-refractivity contribution in [2.75, 3.05) is 6.61 Å². The Labute approximate surface area is 71.6 Å². The molecule has 0 aliphatic rings. The Kier molecular flexibility index (Phi) is 4.45. The Balaban J connectivity index is 3.82. The molecular weight excluding hydrogens is 168 g/mol. The van der Waals surface area contributed by atoms with Gasteiger partial charge < -0.3 is 0 Å². The summed E-state index contributed by atoms with van der Waals surface area (Å²) in [5.74, 6) is -0.538. The summed E-state index contributed by atoms with van der Waals surface area (Å²) in [7, 11) is 0. The normalized spacial score (nSPS) is 15.6. The number of hydrogen-bond acceptors (Lipinski definition) is 3. The lowest BCUT2D eigenvalue weighted by Gasteiger charge is -2.15. The zero-order valence-electron chi connectivity index (χ0n) is 7.02. The molecule has 0 heterocycles. The van der Waals surface area contributed by atoms with Gasteiger partial charge in [0, 0.05) is 0 Å². The molecule has 66 valence electrons. The summed E-state index contributed by atoms with van der Waals surface area (Å²) in [6.45, 7) is 5.46. The van der Waals surface area contributed by atoms with Crippen molar-refractivity contribution in [2.24, 2.45) is 0 Å². The molecule has 0 bridgehead atoms. The monoisotopic (exact) mass is 180 g/mol. The number of hydrogen-bond donors (Lipinski definition) is 0. The van der Waals surface area contributed by atoms with Crippen LogP contribution in [-0.4, -0.2) is 17.5 Å². The molecular formula is C7H13ClO3. The minimum atomic E-state index is -0.963. The third-order valence-electron chi connectivity index (χ3n) is 1.34. The summed E-state index contributed by atoms with van der Waals surface area (Å²) in [4.78, 5) is 18.8. The second-order valence-electron chi connectivity index (χ2n) is 2.33. The van der Waals surface area contributed by atoms with Gasteiger partial charge in [0.1, 0.15) is 4.87 Å². The van der Waals surface area contributed by atoms with E-state index in [2.05, 4.69) is 9.78 Å².